The molecule has 0 bridgehead atoms. The molecule has 1 heterocycles. The van der Waals surface area contributed by atoms with Crippen LogP contribution in [0.15, 0.2) is 59.7 Å². The van der Waals surface area contributed by atoms with Crippen molar-refractivity contribution in [3.05, 3.63) is 75.8 Å². The van der Waals surface area contributed by atoms with Crippen molar-refractivity contribution in [3.8, 4) is 11.5 Å². The normalized spacial score (nSPS) is 12.4. The Morgan fingerprint density at radius 3 is 2.67 bits per heavy atom. The fraction of sp³-hybridized carbons (Fsp3) is 0.0526. The maximum absolute atomic E-state index is 12.5. The molecule has 0 saturated heterocycles. The van der Waals surface area contributed by atoms with Crippen molar-refractivity contribution >= 4 is 28.6 Å². The van der Waals surface area contributed by atoms with Gasteiger partial charge in [0.2, 0.25) is 6.79 Å². The number of hydrogen-bond acceptors (Lipinski definition) is 6. The average Bonchev–Trinajstić information content (AvgIpc) is 3.14. The van der Waals surface area contributed by atoms with E-state index in [2.05, 4.69) is 10.5 Å². The number of fused-ring (bicyclic) bond motifs is 2. The molecule has 3 aromatic carbocycles. The van der Waals surface area contributed by atoms with Gasteiger partial charge in [-0.1, -0.05) is 36.4 Å². The molecule has 4 rings (SSSR count). The SMILES string of the molecule is O=C(N/N=C/c1cc2c(cc1[N+](=O)[O-])OCO2)c1cccc2ccccc12. The number of nitro groups is 1. The number of ether oxygens (including phenoxy) is 2. The molecule has 1 aliphatic rings. The summed E-state index contributed by atoms with van der Waals surface area (Å²) in [6.45, 7) is 0.00486. The molecule has 1 amide bonds. The van der Waals surface area contributed by atoms with Crippen molar-refractivity contribution < 1.29 is 19.2 Å². The zero-order valence-electron chi connectivity index (χ0n) is 13.9. The molecule has 8 heteroatoms. The van der Waals surface area contributed by atoms with Crippen LogP contribution < -0.4 is 14.9 Å². The van der Waals surface area contributed by atoms with E-state index >= 15 is 0 Å². The lowest BCUT2D eigenvalue weighted by molar-refractivity contribution is -0.385. The van der Waals surface area contributed by atoms with Crippen LogP contribution in [0.25, 0.3) is 10.8 Å². The number of rotatable bonds is 4. The number of amides is 1. The second-order valence-electron chi connectivity index (χ2n) is 5.75. The van der Waals surface area contributed by atoms with Gasteiger partial charge in [0, 0.05) is 5.56 Å². The molecule has 1 aliphatic heterocycles. The second kappa shape index (κ2) is 6.75. The Morgan fingerprint density at radius 2 is 1.85 bits per heavy atom. The van der Waals surface area contributed by atoms with Crippen LogP contribution in [0.3, 0.4) is 0 Å². The highest BCUT2D eigenvalue weighted by Gasteiger charge is 2.22. The number of hydrazone groups is 1. The van der Waals surface area contributed by atoms with Gasteiger partial charge >= 0.3 is 0 Å². The minimum Gasteiger partial charge on any atom is -0.454 e. The van der Waals surface area contributed by atoms with Gasteiger partial charge in [-0.05, 0) is 22.9 Å². The van der Waals surface area contributed by atoms with Crippen LogP contribution in [0, 0.1) is 10.1 Å². The molecule has 0 spiro atoms. The maximum atomic E-state index is 12.5. The summed E-state index contributed by atoms with van der Waals surface area (Å²) in [7, 11) is 0. The number of nitrogens with zero attached hydrogens (tertiary/aromatic N) is 2. The van der Waals surface area contributed by atoms with Crippen molar-refractivity contribution in [2.45, 2.75) is 0 Å². The average molecular weight is 363 g/mol. The summed E-state index contributed by atoms with van der Waals surface area (Å²) >= 11 is 0. The number of nitro benzene ring substituents is 1. The monoisotopic (exact) mass is 363 g/mol. The molecular weight excluding hydrogens is 350 g/mol. The molecule has 0 saturated carbocycles. The number of carbonyl (C=O) groups is 1. The van der Waals surface area contributed by atoms with Crippen LogP contribution in [0.2, 0.25) is 0 Å². The van der Waals surface area contributed by atoms with Gasteiger partial charge in [0.1, 0.15) is 0 Å². The highest BCUT2D eigenvalue weighted by molar-refractivity contribution is 6.07. The fourth-order valence-electron chi connectivity index (χ4n) is 2.85. The summed E-state index contributed by atoms with van der Waals surface area (Å²) in [6, 6.07) is 15.6. The molecule has 0 unspecified atom stereocenters. The Balaban J connectivity index is 1.59. The molecule has 1 N–H and O–H groups in total. The third kappa shape index (κ3) is 3.15. The van der Waals surface area contributed by atoms with Crippen LogP contribution in [0.1, 0.15) is 15.9 Å². The van der Waals surface area contributed by atoms with Crippen molar-refractivity contribution in [3.63, 3.8) is 0 Å². The summed E-state index contributed by atoms with van der Waals surface area (Å²) in [6.07, 6.45) is 1.21. The quantitative estimate of drug-likeness (QED) is 0.435. The lowest BCUT2D eigenvalue weighted by atomic mass is 10.0. The Morgan fingerprint density at radius 1 is 1.11 bits per heavy atom. The maximum Gasteiger partial charge on any atom is 0.282 e. The molecule has 0 atom stereocenters. The van der Waals surface area contributed by atoms with Crippen LogP contribution >= 0.6 is 0 Å². The standard InChI is InChI=1S/C19H13N3O5/c23-19(15-7-3-5-12-4-1-2-6-14(12)15)21-20-10-13-8-17-18(27-11-26-17)9-16(13)22(24)25/h1-10H,11H2,(H,21,23)/b20-10+. The second-order valence-corrected chi connectivity index (χ2v) is 5.75. The molecule has 134 valence electrons. The van der Waals surface area contributed by atoms with Gasteiger partial charge in [0.05, 0.1) is 22.8 Å². The van der Waals surface area contributed by atoms with Crippen LogP contribution in [-0.2, 0) is 0 Å². The lowest BCUT2D eigenvalue weighted by Gasteiger charge is -2.05. The van der Waals surface area contributed by atoms with E-state index in [0.29, 0.717) is 17.1 Å². The molecule has 0 fully saturated rings. The van der Waals surface area contributed by atoms with E-state index in [4.69, 9.17) is 9.47 Å². The van der Waals surface area contributed by atoms with Crippen molar-refractivity contribution in [1.29, 1.82) is 0 Å². The van der Waals surface area contributed by atoms with E-state index < -0.39 is 10.8 Å². The van der Waals surface area contributed by atoms with Crippen molar-refractivity contribution in [2.75, 3.05) is 6.79 Å². The van der Waals surface area contributed by atoms with E-state index in [1.807, 2.05) is 30.3 Å². The number of benzene rings is 3. The first-order valence-electron chi connectivity index (χ1n) is 8.03. The summed E-state index contributed by atoms with van der Waals surface area (Å²) in [5.74, 6) is 0.285. The summed E-state index contributed by atoms with van der Waals surface area (Å²) in [5.41, 5.74) is 2.88. The van der Waals surface area contributed by atoms with Crippen LogP contribution in [0.4, 0.5) is 5.69 Å². The topological polar surface area (TPSA) is 103 Å². The van der Waals surface area contributed by atoms with Gasteiger partial charge in [-0.2, -0.15) is 5.10 Å². The summed E-state index contributed by atoms with van der Waals surface area (Å²) < 4.78 is 10.4. The Labute approximate surface area is 153 Å². The first-order valence-corrected chi connectivity index (χ1v) is 8.03. The molecule has 8 nitrogen and oxygen atoms in total. The van der Waals surface area contributed by atoms with E-state index in [0.717, 1.165) is 10.8 Å². The third-order valence-corrected chi connectivity index (χ3v) is 4.12. The first kappa shape index (κ1) is 16.5. The number of carbonyl (C=O) groups excluding carboxylic acids is 1. The predicted molar refractivity (Wildman–Crippen MR) is 98.2 cm³/mol. The molecule has 0 radical (unpaired) electrons. The van der Waals surface area contributed by atoms with Gasteiger partial charge in [-0.15, -0.1) is 0 Å². The largest absolute Gasteiger partial charge is 0.454 e. The molecular formula is C19H13N3O5. The Hall–Kier alpha value is -3.94. The predicted octanol–water partition coefficient (Wildman–Crippen LogP) is 3.24. The minimum atomic E-state index is -0.546. The van der Waals surface area contributed by atoms with Crippen LogP contribution in [0.5, 0.6) is 11.5 Å². The van der Waals surface area contributed by atoms with Crippen LogP contribution in [-0.4, -0.2) is 23.8 Å². The fourth-order valence-corrected chi connectivity index (χ4v) is 2.85. The van der Waals surface area contributed by atoms with Gasteiger partial charge in [-0.3, -0.25) is 14.9 Å². The Bertz CT molecular complexity index is 1090. The highest BCUT2D eigenvalue weighted by atomic mass is 16.7. The van der Waals surface area contributed by atoms with Crippen molar-refractivity contribution in [1.82, 2.24) is 5.43 Å². The highest BCUT2D eigenvalue weighted by Crippen LogP contribution is 2.37. The van der Waals surface area contributed by atoms with E-state index in [9.17, 15) is 14.9 Å². The molecule has 3 aromatic rings. The van der Waals surface area contributed by atoms with Crippen molar-refractivity contribution in [2.24, 2.45) is 5.10 Å². The third-order valence-electron chi connectivity index (χ3n) is 4.12. The van der Waals surface area contributed by atoms with E-state index in [1.54, 1.807) is 12.1 Å². The number of hydrogen-bond donors (Lipinski definition) is 1. The zero-order valence-corrected chi connectivity index (χ0v) is 13.9. The van der Waals surface area contributed by atoms with E-state index in [-0.39, 0.29) is 18.0 Å². The zero-order chi connectivity index (χ0) is 18.8. The lowest BCUT2D eigenvalue weighted by Crippen LogP contribution is -2.18. The number of nitrogens with one attached hydrogen (secondary N) is 1. The smallest absolute Gasteiger partial charge is 0.282 e. The van der Waals surface area contributed by atoms with E-state index in [1.165, 1.54) is 18.3 Å². The molecule has 0 aliphatic carbocycles. The molecule has 0 aromatic heterocycles. The van der Waals surface area contributed by atoms with Gasteiger partial charge in [-0.25, -0.2) is 5.43 Å². The van der Waals surface area contributed by atoms with Gasteiger partial charge in [0.15, 0.2) is 11.5 Å². The Kier molecular flexibility index (Phi) is 4.13. The summed E-state index contributed by atoms with van der Waals surface area (Å²) in [5, 5.41) is 16.8. The summed E-state index contributed by atoms with van der Waals surface area (Å²) in [4.78, 5) is 23.2. The molecule has 27 heavy (non-hydrogen) atoms. The van der Waals surface area contributed by atoms with Gasteiger partial charge in [0.25, 0.3) is 11.6 Å². The first-order chi connectivity index (χ1) is 13.1. The minimum absolute atomic E-state index is 0.00486. The van der Waals surface area contributed by atoms with Gasteiger partial charge < -0.3 is 9.47 Å².